The highest BCUT2D eigenvalue weighted by Gasteiger charge is 2.19. The standard InChI is InChI=1S/C13H12N2O2/c1-8-9(3-4-14)10-5-12-13(17-7-16-12)6-11(10)15(8)2/h5-6H,3,7H2,1-2H3. The predicted molar refractivity (Wildman–Crippen MR) is 63.1 cm³/mol. The van der Waals surface area contributed by atoms with Crippen LogP contribution in [0.1, 0.15) is 11.3 Å². The van der Waals surface area contributed by atoms with Crippen LogP contribution in [0, 0.1) is 18.3 Å². The van der Waals surface area contributed by atoms with Crippen LogP contribution in [0.4, 0.5) is 0 Å². The summed E-state index contributed by atoms with van der Waals surface area (Å²) in [6.45, 7) is 2.30. The molecule has 1 aliphatic heterocycles. The van der Waals surface area contributed by atoms with Gasteiger partial charge in [0.05, 0.1) is 18.0 Å². The zero-order valence-electron chi connectivity index (χ0n) is 9.78. The van der Waals surface area contributed by atoms with Gasteiger partial charge in [-0.1, -0.05) is 0 Å². The lowest BCUT2D eigenvalue weighted by Crippen LogP contribution is -1.93. The molecule has 0 aliphatic carbocycles. The number of hydrogen-bond acceptors (Lipinski definition) is 3. The van der Waals surface area contributed by atoms with Gasteiger partial charge in [-0.05, 0) is 18.6 Å². The van der Waals surface area contributed by atoms with Crippen molar-refractivity contribution in [2.75, 3.05) is 6.79 Å². The molecular formula is C13H12N2O2. The zero-order chi connectivity index (χ0) is 12.0. The molecule has 0 amide bonds. The number of aromatic nitrogens is 1. The van der Waals surface area contributed by atoms with Gasteiger partial charge in [-0.15, -0.1) is 0 Å². The van der Waals surface area contributed by atoms with Crippen molar-refractivity contribution in [3.05, 3.63) is 23.4 Å². The average molecular weight is 228 g/mol. The van der Waals surface area contributed by atoms with Crippen LogP contribution in [0.2, 0.25) is 0 Å². The molecule has 17 heavy (non-hydrogen) atoms. The minimum Gasteiger partial charge on any atom is -0.454 e. The summed E-state index contributed by atoms with van der Waals surface area (Å²) in [5, 5.41) is 9.97. The molecule has 0 bridgehead atoms. The third-order valence-electron chi connectivity index (χ3n) is 3.37. The van der Waals surface area contributed by atoms with E-state index >= 15 is 0 Å². The molecule has 1 aliphatic rings. The highest BCUT2D eigenvalue weighted by atomic mass is 16.7. The Hall–Kier alpha value is -2.15. The van der Waals surface area contributed by atoms with E-state index in [1.807, 2.05) is 26.1 Å². The van der Waals surface area contributed by atoms with Crippen LogP contribution < -0.4 is 9.47 Å². The van der Waals surface area contributed by atoms with Crippen molar-refractivity contribution in [1.29, 1.82) is 5.26 Å². The monoisotopic (exact) mass is 228 g/mol. The molecular weight excluding hydrogens is 216 g/mol. The summed E-state index contributed by atoms with van der Waals surface area (Å²) in [5.74, 6) is 1.55. The summed E-state index contributed by atoms with van der Waals surface area (Å²) in [6, 6.07) is 6.16. The van der Waals surface area contributed by atoms with Crippen molar-refractivity contribution >= 4 is 10.9 Å². The second kappa shape index (κ2) is 3.42. The summed E-state index contributed by atoms with van der Waals surface area (Å²) in [5.41, 5.74) is 3.27. The van der Waals surface area contributed by atoms with E-state index in [2.05, 4.69) is 10.6 Å². The molecule has 3 rings (SSSR count). The maximum atomic E-state index is 8.89. The largest absolute Gasteiger partial charge is 0.454 e. The Morgan fingerprint density at radius 3 is 2.76 bits per heavy atom. The van der Waals surface area contributed by atoms with Crippen LogP contribution in [-0.4, -0.2) is 11.4 Å². The predicted octanol–water partition coefficient (Wildman–Crippen LogP) is 2.28. The van der Waals surface area contributed by atoms with E-state index in [0.29, 0.717) is 6.42 Å². The minimum atomic E-state index is 0.276. The molecule has 4 heteroatoms. The molecule has 2 aromatic rings. The Labute approximate surface area is 99.0 Å². The van der Waals surface area contributed by atoms with E-state index in [4.69, 9.17) is 14.7 Å². The summed E-state index contributed by atoms with van der Waals surface area (Å²) in [7, 11) is 2.00. The topological polar surface area (TPSA) is 47.2 Å². The number of fused-ring (bicyclic) bond motifs is 2. The first-order valence-corrected chi connectivity index (χ1v) is 5.47. The fourth-order valence-corrected chi connectivity index (χ4v) is 2.33. The first-order valence-electron chi connectivity index (χ1n) is 5.47. The van der Waals surface area contributed by atoms with Crippen molar-refractivity contribution in [1.82, 2.24) is 4.57 Å². The Morgan fingerprint density at radius 2 is 2.06 bits per heavy atom. The van der Waals surface area contributed by atoms with Crippen LogP contribution in [0.15, 0.2) is 12.1 Å². The van der Waals surface area contributed by atoms with Gasteiger partial charge in [-0.2, -0.15) is 5.26 Å². The second-order valence-electron chi connectivity index (χ2n) is 4.18. The fourth-order valence-electron chi connectivity index (χ4n) is 2.33. The fraction of sp³-hybridized carbons (Fsp3) is 0.308. The number of nitrogens with zero attached hydrogens (tertiary/aromatic N) is 2. The van der Waals surface area contributed by atoms with Gasteiger partial charge in [0.1, 0.15) is 0 Å². The molecule has 0 spiro atoms. The molecule has 0 unspecified atom stereocenters. The minimum absolute atomic E-state index is 0.276. The number of hydrogen-bond donors (Lipinski definition) is 0. The van der Waals surface area contributed by atoms with Crippen LogP contribution in [0.25, 0.3) is 10.9 Å². The highest BCUT2D eigenvalue weighted by molar-refractivity contribution is 5.89. The molecule has 0 saturated heterocycles. The van der Waals surface area contributed by atoms with Gasteiger partial charge in [0.25, 0.3) is 0 Å². The van der Waals surface area contributed by atoms with E-state index in [9.17, 15) is 0 Å². The van der Waals surface area contributed by atoms with Gasteiger partial charge in [0.15, 0.2) is 11.5 Å². The van der Waals surface area contributed by atoms with Crippen molar-refractivity contribution < 1.29 is 9.47 Å². The molecule has 1 aromatic carbocycles. The highest BCUT2D eigenvalue weighted by Crippen LogP contribution is 2.38. The molecule has 0 atom stereocenters. The van der Waals surface area contributed by atoms with Crippen molar-refractivity contribution in [3.8, 4) is 17.6 Å². The molecule has 0 fully saturated rings. The van der Waals surface area contributed by atoms with Gasteiger partial charge in [-0.3, -0.25) is 0 Å². The Balaban J connectivity index is 2.35. The molecule has 1 aromatic heterocycles. The van der Waals surface area contributed by atoms with Gasteiger partial charge >= 0.3 is 0 Å². The number of benzene rings is 1. The maximum Gasteiger partial charge on any atom is 0.231 e. The number of aryl methyl sites for hydroxylation is 1. The molecule has 2 heterocycles. The lowest BCUT2D eigenvalue weighted by molar-refractivity contribution is 0.174. The Bertz CT molecular complexity index is 650. The van der Waals surface area contributed by atoms with Gasteiger partial charge in [0.2, 0.25) is 6.79 Å². The first-order chi connectivity index (χ1) is 8.22. The van der Waals surface area contributed by atoms with Gasteiger partial charge in [0, 0.05) is 24.2 Å². The summed E-state index contributed by atoms with van der Waals surface area (Å²) >= 11 is 0. The summed E-state index contributed by atoms with van der Waals surface area (Å²) in [4.78, 5) is 0. The van der Waals surface area contributed by atoms with E-state index in [1.165, 1.54) is 0 Å². The van der Waals surface area contributed by atoms with Crippen molar-refractivity contribution in [3.63, 3.8) is 0 Å². The van der Waals surface area contributed by atoms with Crippen LogP contribution in [0.5, 0.6) is 11.5 Å². The van der Waals surface area contributed by atoms with Gasteiger partial charge in [-0.25, -0.2) is 0 Å². The van der Waals surface area contributed by atoms with Crippen LogP contribution in [0.3, 0.4) is 0 Å². The smallest absolute Gasteiger partial charge is 0.231 e. The quantitative estimate of drug-likeness (QED) is 0.752. The van der Waals surface area contributed by atoms with E-state index in [1.54, 1.807) is 0 Å². The SMILES string of the molecule is Cc1c(CC#N)c2cc3c(cc2n1C)OCO3. The van der Waals surface area contributed by atoms with Crippen molar-refractivity contribution in [2.45, 2.75) is 13.3 Å². The van der Waals surface area contributed by atoms with Crippen LogP contribution >= 0.6 is 0 Å². The third-order valence-corrected chi connectivity index (χ3v) is 3.37. The second-order valence-corrected chi connectivity index (χ2v) is 4.18. The summed E-state index contributed by atoms with van der Waals surface area (Å²) in [6.07, 6.45) is 0.419. The van der Waals surface area contributed by atoms with Crippen molar-refractivity contribution in [2.24, 2.45) is 7.05 Å². The zero-order valence-corrected chi connectivity index (χ0v) is 9.78. The molecule has 0 N–H and O–H groups in total. The third kappa shape index (κ3) is 1.29. The first kappa shape index (κ1) is 10.0. The average Bonchev–Trinajstić information content (AvgIpc) is 2.87. The lowest BCUT2D eigenvalue weighted by Gasteiger charge is -2.00. The Kier molecular flexibility index (Phi) is 2.02. The molecule has 0 radical (unpaired) electrons. The normalized spacial score (nSPS) is 13.0. The number of ether oxygens (including phenoxy) is 2. The van der Waals surface area contributed by atoms with E-state index in [-0.39, 0.29) is 6.79 Å². The number of nitriles is 1. The molecule has 4 nitrogen and oxygen atoms in total. The molecule has 86 valence electrons. The summed E-state index contributed by atoms with van der Waals surface area (Å²) < 4.78 is 12.8. The lowest BCUT2D eigenvalue weighted by atomic mass is 10.1. The molecule has 0 saturated carbocycles. The van der Waals surface area contributed by atoms with E-state index in [0.717, 1.165) is 33.7 Å². The maximum absolute atomic E-state index is 8.89. The number of rotatable bonds is 1. The van der Waals surface area contributed by atoms with Gasteiger partial charge < -0.3 is 14.0 Å². The van der Waals surface area contributed by atoms with E-state index < -0.39 is 0 Å². The Morgan fingerprint density at radius 1 is 1.35 bits per heavy atom. The van der Waals surface area contributed by atoms with Crippen LogP contribution in [-0.2, 0) is 13.5 Å².